The normalized spacial score (nSPS) is 20.6. The van der Waals surface area contributed by atoms with Crippen molar-refractivity contribution in [3.8, 4) is 5.75 Å². The fourth-order valence-electron chi connectivity index (χ4n) is 2.55. The lowest BCUT2D eigenvalue weighted by Crippen LogP contribution is -2.40. The molecule has 2 rings (SSSR count). The van der Waals surface area contributed by atoms with E-state index in [1.54, 1.807) is 31.2 Å². The molecule has 2 amide bonds. The Kier molecular flexibility index (Phi) is 6.40. The lowest BCUT2D eigenvalue weighted by atomic mass is 9.93. The van der Waals surface area contributed by atoms with Crippen LogP contribution >= 0.6 is 0 Å². The summed E-state index contributed by atoms with van der Waals surface area (Å²) in [4.78, 5) is 23.3. The van der Waals surface area contributed by atoms with Gasteiger partial charge in [-0.3, -0.25) is 9.59 Å². The van der Waals surface area contributed by atoms with Gasteiger partial charge in [0.15, 0.2) is 6.61 Å². The van der Waals surface area contributed by atoms with Gasteiger partial charge in [-0.25, -0.2) is 0 Å². The maximum absolute atomic E-state index is 11.9. The molecule has 0 saturated heterocycles. The third-order valence-corrected chi connectivity index (χ3v) is 3.87. The van der Waals surface area contributed by atoms with E-state index < -0.39 is 0 Å². The Bertz CT molecular complexity index is 539. The molecule has 1 aromatic carbocycles. The quantitative estimate of drug-likeness (QED) is 0.746. The first kappa shape index (κ1) is 17.3. The largest absolute Gasteiger partial charge is 0.484 e. The number of ether oxygens (including phenoxy) is 1. The Morgan fingerprint density at radius 1 is 1.22 bits per heavy atom. The van der Waals surface area contributed by atoms with Gasteiger partial charge in [-0.05, 0) is 37.8 Å². The molecular weight excluding hydrogens is 296 g/mol. The molecule has 0 heterocycles. The second kappa shape index (κ2) is 8.53. The molecule has 1 aromatic rings. The summed E-state index contributed by atoms with van der Waals surface area (Å²) in [5.41, 5.74) is 0.649. The van der Waals surface area contributed by atoms with Crippen molar-refractivity contribution < 1.29 is 19.4 Å². The number of hydrogen-bond acceptors (Lipinski definition) is 4. The Balaban J connectivity index is 1.77. The maximum atomic E-state index is 11.9. The zero-order valence-electron chi connectivity index (χ0n) is 13.4. The van der Waals surface area contributed by atoms with Crippen LogP contribution in [0.1, 0.15) is 39.0 Å². The van der Waals surface area contributed by atoms with Crippen LogP contribution in [0.4, 0.5) is 5.69 Å². The highest BCUT2D eigenvalue weighted by molar-refractivity contribution is 5.90. The van der Waals surface area contributed by atoms with E-state index in [4.69, 9.17) is 4.74 Å². The Morgan fingerprint density at radius 3 is 2.65 bits per heavy atom. The summed E-state index contributed by atoms with van der Waals surface area (Å²) in [5, 5.41) is 15.1. The number of hydrogen-bond donors (Lipinski definition) is 3. The van der Waals surface area contributed by atoms with E-state index >= 15 is 0 Å². The van der Waals surface area contributed by atoms with Gasteiger partial charge in [-0.2, -0.15) is 0 Å². The summed E-state index contributed by atoms with van der Waals surface area (Å²) >= 11 is 0. The molecular formula is C17H24N2O4. The molecule has 1 saturated carbocycles. The maximum Gasteiger partial charge on any atom is 0.258 e. The van der Waals surface area contributed by atoms with Gasteiger partial charge in [0.2, 0.25) is 5.91 Å². The standard InChI is InChI=1S/C17H24N2O4/c1-2-16(21)19-13-4-3-5-15(10-13)23-11-17(22)18-12-6-8-14(20)9-7-12/h3-5,10,12,14,20H,2,6-9,11H2,1H3,(H,18,22)(H,19,21). The molecule has 3 N–H and O–H groups in total. The van der Waals surface area contributed by atoms with Crippen molar-refractivity contribution in [2.75, 3.05) is 11.9 Å². The van der Waals surface area contributed by atoms with Gasteiger partial charge >= 0.3 is 0 Å². The van der Waals surface area contributed by atoms with E-state index in [2.05, 4.69) is 10.6 Å². The molecule has 126 valence electrons. The number of amides is 2. The van der Waals surface area contributed by atoms with E-state index in [1.807, 2.05) is 0 Å². The number of rotatable bonds is 6. The van der Waals surface area contributed by atoms with Crippen molar-refractivity contribution in [3.05, 3.63) is 24.3 Å². The fraction of sp³-hybridized carbons (Fsp3) is 0.529. The van der Waals surface area contributed by atoms with Gasteiger partial charge in [0.25, 0.3) is 5.91 Å². The monoisotopic (exact) mass is 320 g/mol. The smallest absolute Gasteiger partial charge is 0.258 e. The first-order valence-electron chi connectivity index (χ1n) is 8.07. The highest BCUT2D eigenvalue weighted by atomic mass is 16.5. The molecule has 6 nitrogen and oxygen atoms in total. The van der Waals surface area contributed by atoms with Gasteiger partial charge in [0.05, 0.1) is 6.10 Å². The average Bonchev–Trinajstić information content (AvgIpc) is 2.55. The van der Waals surface area contributed by atoms with Gasteiger partial charge in [0.1, 0.15) is 5.75 Å². The summed E-state index contributed by atoms with van der Waals surface area (Å²) in [7, 11) is 0. The van der Waals surface area contributed by atoms with E-state index in [0.717, 1.165) is 25.7 Å². The molecule has 6 heteroatoms. The second-order valence-corrected chi connectivity index (χ2v) is 5.79. The highest BCUT2D eigenvalue weighted by Crippen LogP contribution is 2.19. The SMILES string of the molecule is CCC(=O)Nc1cccc(OCC(=O)NC2CCC(O)CC2)c1. The molecule has 0 atom stereocenters. The molecule has 0 aromatic heterocycles. The van der Waals surface area contributed by atoms with Crippen LogP contribution in [0.2, 0.25) is 0 Å². The molecule has 0 unspecified atom stereocenters. The third-order valence-electron chi connectivity index (χ3n) is 3.87. The first-order chi connectivity index (χ1) is 11.1. The van der Waals surface area contributed by atoms with Crippen molar-refractivity contribution in [2.24, 2.45) is 0 Å². The molecule has 23 heavy (non-hydrogen) atoms. The van der Waals surface area contributed by atoms with E-state index in [-0.39, 0.29) is 30.6 Å². The summed E-state index contributed by atoms with van der Waals surface area (Å²) in [5.74, 6) is 0.293. The van der Waals surface area contributed by atoms with Crippen LogP contribution in [0.25, 0.3) is 0 Å². The fourth-order valence-corrected chi connectivity index (χ4v) is 2.55. The van der Waals surface area contributed by atoms with Crippen molar-refractivity contribution in [3.63, 3.8) is 0 Å². The minimum absolute atomic E-state index is 0.0652. The Morgan fingerprint density at radius 2 is 1.96 bits per heavy atom. The zero-order chi connectivity index (χ0) is 16.7. The molecule has 0 radical (unpaired) electrons. The second-order valence-electron chi connectivity index (χ2n) is 5.79. The van der Waals surface area contributed by atoms with Crippen LogP contribution in [0.3, 0.4) is 0 Å². The minimum Gasteiger partial charge on any atom is -0.484 e. The van der Waals surface area contributed by atoms with Crippen LogP contribution in [0.15, 0.2) is 24.3 Å². The molecule has 1 aliphatic carbocycles. The number of benzene rings is 1. The average molecular weight is 320 g/mol. The van der Waals surface area contributed by atoms with Crippen LogP contribution in [0, 0.1) is 0 Å². The Hall–Kier alpha value is -2.08. The van der Waals surface area contributed by atoms with Crippen LogP contribution in [-0.2, 0) is 9.59 Å². The van der Waals surface area contributed by atoms with Gasteiger partial charge < -0.3 is 20.5 Å². The van der Waals surface area contributed by atoms with Gasteiger partial charge in [-0.1, -0.05) is 13.0 Å². The topological polar surface area (TPSA) is 87.7 Å². The van der Waals surface area contributed by atoms with Gasteiger partial charge in [0, 0.05) is 24.2 Å². The predicted molar refractivity (Wildman–Crippen MR) is 87.3 cm³/mol. The number of carbonyl (C=O) groups excluding carboxylic acids is 2. The highest BCUT2D eigenvalue weighted by Gasteiger charge is 2.20. The van der Waals surface area contributed by atoms with E-state index in [9.17, 15) is 14.7 Å². The van der Waals surface area contributed by atoms with Crippen molar-refractivity contribution in [2.45, 2.75) is 51.2 Å². The van der Waals surface area contributed by atoms with Crippen LogP contribution < -0.4 is 15.4 Å². The lowest BCUT2D eigenvalue weighted by Gasteiger charge is -2.26. The molecule has 1 aliphatic rings. The number of carbonyl (C=O) groups is 2. The predicted octanol–water partition coefficient (Wildman–Crippen LogP) is 1.83. The summed E-state index contributed by atoms with van der Waals surface area (Å²) in [6, 6.07) is 7.09. The number of aliphatic hydroxyl groups is 1. The summed E-state index contributed by atoms with van der Waals surface area (Å²) in [6.07, 6.45) is 3.22. The molecule has 0 spiro atoms. The van der Waals surface area contributed by atoms with Crippen LogP contribution in [-0.4, -0.2) is 35.7 Å². The molecule has 0 aliphatic heterocycles. The van der Waals surface area contributed by atoms with Crippen molar-refractivity contribution in [1.82, 2.24) is 5.32 Å². The number of aliphatic hydroxyl groups excluding tert-OH is 1. The minimum atomic E-state index is -0.236. The van der Waals surface area contributed by atoms with E-state index in [0.29, 0.717) is 17.9 Å². The number of anilines is 1. The third kappa shape index (κ3) is 5.90. The summed E-state index contributed by atoms with van der Waals surface area (Å²) < 4.78 is 5.47. The van der Waals surface area contributed by atoms with Gasteiger partial charge in [-0.15, -0.1) is 0 Å². The molecule has 1 fully saturated rings. The Labute approximate surface area is 136 Å². The zero-order valence-corrected chi connectivity index (χ0v) is 13.4. The summed E-state index contributed by atoms with van der Waals surface area (Å²) in [6.45, 7) is 1.72. The van der Waals surface area contributed by atoms with Crippen molar-refractivity contribution >= 4 is 17.5 Å². The van der Waals surface area contributed by atoms with Crippen LogP contribution in [0.5, 0.6) is 5.75 Å². The number of nitrogens with one attached hydrogen (secondary N) is 2. The first-order valence-corrected chi connectivity index (χ1v) is 8.07. The van der Waals surface area contributed by atoms with E-state index in [1.165, 1.54) is 0 Å². The lowest BCUT2D eigenvalue weighted by molar-refractivity contribution is -0.124. The van der Waals surface area contributed by atoms with Crippen molar-refractivity contribution in [1.29, 1.82) is 0 Å². The molecule has 0 bridgehead atoms.